The molecule has 11 nitrogen and oxygen atoms in total. The maximum atomic E-state index is 14.3. The van der Waals surface area contributed by atoms with Crippen LogP contribution in [0.25, 0.3) is 44.8 Å². The Bertz CT molecular complexity index is 1950. The van der Waals surface area contributed by atoms with Crippen LogP contribution in [0.15, 0.2) is 48.7 Å². The van der Waals surface area contributed by atoms with Crippen molar-refractivity contribution in [3.8, 4) is 28.5 Å². The number of nitrogens with two attached hydrogens (primary N) is 2. The van der Waals surface area contributed by atoms with Gasteiger partial charge < -0.3 is 30.2 Å². The number of hydrogen-bond acceptors (Lipinski definition) is 7. The van der Waals surface area contributed by atoms with Crippen molar-refractivity contribution >= 4 is 33.9 Å². The fourth-order valence-corrected chi connectivity index (χ4v) is 6.37. The summed E-state index contributed by atoms with van der Waals surface area (Å²) < 4.78 is 24.2. The van der Waals surface area contributed by atoms with Gasteiger partial charge in [-0.05, 0) is 67.6 Å². The van der Waals surface area contributed by atoms with E-state index >= 15 is 0 Å². The number of piperidine rings is 1. The number of fused-ring (bicyclic) bond motifs is 2. The number of ether oxygens (including phenoxy) is 1. The number of primary amides is 1. The molecule has 1 saturated heterocycles. The van der Waals surface area contributed by atoms with Crippen LogP contribution in [0, 0.1) is 5.92 Å². The molecule has 4 N–H and O–H groups in total. The summed E-state index contributed by atoms with van der Waals surface area (Å²) >= 11 is 0. The number of aryl methyl sites for hydroxylation is 1. The van der Waals surface area contributed by atoms with Crippen molar-refractivity contribution in [2.24, 2.45) is 24.4 Å². The zero-order valence-corrected chi connectivity index (χ0v) is 25.2. The van der Waals surface area contributed by atoms with E-state index in [1.807, 2.05) is 35.9 Å². The lowest BCUT2D eigenvalue weighted by atomic mass is 10.0. The van der Waals surface area contributed by atoms with E-state index in [1.54, 1.807) is 25.4 Å². The van der Waals surface area contributed by atoms with Gasteiger partial charge in [0.15, 0.2) is 5.82 Å². The number of amides is 2. The summed E-state index contributed by atoms with van der Waals surface area (Å²) in [5.41, 5.74) is 17.1. The first-order chi connectivity index (χ1) is 21.7. The first-order valence-electron chi connectivity index (χ1n) is 15.2. The topological polar surface area (TPSA) is 147 Å². The summed E-state index contributed by atoms with van der Waals surface area (Å²) in [5, 5.41) is 0.970. The highest BCUT2D eigenvalue weighted by Crippen LogP contribution is 2.38. The second-order valence-corrected chi connectivity index (χ2v) is 12.2. The third-order valence-corrected chi connectivity index (χ3v) is 8.70. The van der Waals surface area contributed by atoms with Crippen molar-refractivity contribution in [2.75, 3.05) is 20.2 Å². The molecular formula is C33H35FN8O3. The van der Waals surface area contributed by atoms with E-state index in [4.69, 9.17) is 26.2 Å². The number of imidazole rings is 1. The van der Waals surface area contributed by atoms with Gasteiger partial charge in [0, 0.05) is 48.9 Å². The summed E-state index contributed by atoms with van der Waals surface area (Å²) in [6.45, 7) is 1.11. The van der Waals surface area contributed by atoms with Gasteiger partial charge in [-0.25, -0.2) is 14.4 Å². The fraction of sp³-hybridized carbons (Fsp3) is 0.364. The molecule has 4 aromatic heterocycles. The Morgan fingerprint density at radius 2 is 1.91 bits per heavy atom. The monoisotopic (exact) mass is 610 g/mol. The summed E-state index contributed by atoms with van der Waals surface area (Å²) in [5.74, 6) is 1.03. The van der Waals surface area contributed by atoms with Gasteiger partial charge in [-0.2, -0.15) is 0 Å². The number of hydrogen-bond donors (Lipinski definition) is 2. The zero-order chi connectivity index (χ0) is 31.4. The summed E-state index contributed by atoms with van der Waals surface area (Å²) in [6, 6.07) is 12.8. The minimum atomic E-state index is -1.15. The zero-order valence-electron chi connectivity index (χ0n) is 25.2. The third-order valence-electron chi connectivity index (χ3n) is 8.70. The Balaban J connectivity index is 1.32. The Morgan fingerprint density at radius 1 is 1.09 bits per heavy atom. The van der Waals surface area contributed by atoms with E-state index in [2.05, 4.69) is 15.6 Å². The van der Waals surface area contributed by atoms with Crippen molar-refractivity contribution in [2.45, 2.75) is 44.4 Å². The lowest BCUT2D eigenvalue weighted by Crippen LogP contribution is -2.50. The Kier molecular flexibility index (Phi) is 7.23. The smallest absolute Gasteiger partial charge is 0.254 e. The Hall–Kier alpha value is -4.84. The van der Waals surface area contributed by atoms with Gasteiger partial charge in [0.05, 0.1) is 42.7 Å². The maximum absolute atomic E-state index is 14.3. The SMILES string of the molecule is COc1cc(C(=O)N2C[C@H](N)C[C@@H](F)C2)cc2nc(-c3cc4ccc(-c5ccnc(CC(N)=O)c5)nc4n3CC3CC3)n(C)c12. The second kappa shape index (κ2) is 11.3. The largest absolute Gasteiger partial charge is 0.494 e. The normalized spacial score (nSPS) is 18.5. The molecule has 232 valence electrons. The summed E-state index contributed by atoms with van der Waals surface area (Å²) in [7, 11) is 3.49. The van der Waals surface area contributed by atoms with Crippen LogP contribution in [-0.2, 0) is 24.8 Å². The number of methoxy groups -OCH3 is 1. The number of alkyl halides is 1. The molecule has 1 aromatic carbocycles. The molecule has 2 aliphatic rings. The van der Waals surface area contributed by atoms with Gasteiger partial charge in [-0.1, -0.05) is 0 Å². The highest BCUT2D eigenvalue weighted by molar-refractivity contribution is 6.00. The minimum Gasteiger partial charge on any atom is -0.494 e. The number of halogens is 1. The van der Waals surface area contributed by atoms with Crippen molar-refractivity contribution < 1.29 is 18.7 Å². The van der Waals surface area contributed by atoms with Crippen LogP contribution >= 0.6 is 0 Å². The standard InChI is InChI=1S/C33H35FN8O3/c1-40-30-26(10-21(12-28(30)45-2)33(44)41-16-22(34)13-23(35)17-41)39-32(40)27-11-20-5-6-25(38-31(20)42(27)15-18-3-4-18)19-7-8-37-24(9-19)14-29(36)43/h5-12,18,22-23H,3-4,13-17,35H2,1-2H3,(H2,36,43)/t22-,23-/m1/s1. The lowest BCUT2D eigenvalue weighted by Gasteiger charge is -2.33. The van der Waals surface area contributed by atoms with E-state index in [0.29, 0.717) is 40.8 Å². The van der Waals surface area contributed by atoms with E-state index in [9.17, 15) is 14.0 Å². The third kappa shape index (κ3) is 5.50. The van der Waals surface area contributed by atoms with Gasteiger partial charge in [0.25, 0.3) is 5.91 Å². The molecule has 0 unspecified atom stereocenters. The molecule has 1 aliphatic carbocycles. The predicted octanol–water partition coefficient (Wildman–Crippen LogP) is 3.61. The molecule has 0 bridgehead atoms. The van der Waals surface area contributed by atoms with Gasteiger partial charge >= 0.3 is 0 Å². The second-order valence-electron chi connectivity index (χ2n) is 12.2. The highest BCUT2D eigenvalue weighted by Gasteiger charge is 2.30. The number of nitrogens with zero attached hydrogens (tertiary/aromatic N) is 6. The van der Waals surface area contributed by atoms with Crippen LogP contribution in [0.2, 0.25) is 0 Å². The van der Waals surface area contributed by atoms with Crippen molar-refractivity contribution in [3.05, 3.63) is 59.9 Å². The molecule has 45 heavy (non-hydrogen) atoms. The number of likely N-dealkylation sites (tertiary alicyclic amines) is 1. The molecule has 12 heteroatoms. The highest BCUT2D eigenvalue weighted by atomic mass is 19.1. The Morgan fingerprint density at radius 3 is 2.64 bits per heavy atom. The molecule has 5 aromatic rings. The van der Waals surface area contributed by atoms with E-state index < -0.39 is 18.1 Å². The molecule has 0 radical (unpaired) electrons. The number of benzene rings is 1. The molecule has 1 saturated carbocycles. The Labute approximate surface area is 259 Å². The minimum absolute atomic E-state index is 0.0164. The first-order valence-corrected chi connectivity index (χ1v) is 15.2. The van der Waals surface area contributed by atoms with Crippen molar-refractivity contribution in [1.29, 1.82) is 0 Å². The van der Waals surface area contributed by atoms with Gasteiger partial charge in [-0.3, -0.25) is 14.6 Å². The van der Waals surface area contributed by atoms with Crippen LogP contribution in [-0.4, -0.2) is 73.2 Å². The van der Waals surface area contributed by atoms with Gasteiger partial charge in [0.1, 0.15) is 23.1 Å². The maximum Gasteiger partial charge on any atom is 0.254 e. The average Bonchev–Trinajstić information content (AvgIpc) is 3.68. The van der Waals surface area contributed by atoms with Gasteiger partial charge in [-0.15, -0.1) is 0 Å². The average molecular weight is 611 g/mol. The number of carbonyl (C=O) groups is 2. The quantitative estimate of drug-likeness (QED) is 0.273. The predicted molar refractivity (Wildman–Crippen MR) is 168 cm³/mol. The van der Waals surface area contributed by atoms with E-state index in [-0.39, 0.29) is 25.3 Å². The van der Waals surface area contributed by atoms with Crippen molar-refractivity contribution in [3.63, 3.8) is 0 Å². The van der Waals surface area contributed by atoms with Crippen LogP contribution in [0.5, 0.6) is 5.75 Å². The molecule has 2 atom stereocenters. The fourth-order valence-electron chi connectivity index (χ4n) is 6.37. The van der Waals surface area contributed by atoms with E-state index in [0.717, 1.165) is 52.9 Å². The molecule has 0 spiro atoms. The summed E-state index contributed by atoms with van der Waals surface area (Å²) in [4.78, 5) is 40.8. The van der Waals surface area contributed by atoms with Crippen LogP contribution in [0.1, 0.15) is 35.3 Å². The summed E-state index contributed by atoms with van der Waals surface area (Å²) in [6.07, 6.45) is 3.13. The van der Waals surface area contributed by atoms with E-state index in [1.165, 1.54) is 4.90 Å². The van der Waals surface area contributed by atoms with Crippen LogP contribution in [0.4, 0.5) is 4.39 Å². The van der Waals surface area contributed by atoms with Crippen LogP contribution < -0.4 is 16.2 Å². The molecule has 2 fully saturated rings. The molecule has 7 rings (SSSR count). The number of rotatable bonds is 8. The molecule has 5 heterocycles. The first kappa shape index (κ1) is 28.9. The van der Waals surface area contributed by atoms with Gasteiger partial charge in [0.2, 0.25) is 5.91 Å². The molecule has 2 amide bonds. The number of aromatic nitrogens is 5. The lowest BCUT2D eigenvalue weighted by molar-refractivity contribution is -0.117. The number of carbonyl (C=O) groups excluding carboxylic acids is 2. The molecule has 1 aliphatic heterocycles. The molecular weight excluding hydrogens is 575 g/mol. The number of pyridine rings is 2. The van der Waals surface area contributed by atoms with Crippen LogP contribution in [0.3, 0.4) is 0 Å². The van der Waals surface area contributed by atoms with Crippen molar-refractivity contribution in [1.82, 2.24) is 29.0 Å².